The van der Waals surface area contributed by atoms with Crippen LogP contribution in [0.3, 0.4) is 0 Å². The first-order valence-corrected chi connectivity index (χ1v) is 10.9. The highest BCUT2D eigenvalue weighted by atomic mass is 35.5. The van der Waals surface area contributed by atoms with Gasteiger partial charge in [-0.3, -0.25) is 0 Å². The number of thioether (sulfide) groups is 1. The molecule has 6 nitrogen and oxygen atoms in total. The third kappa shape index (κ3) is 3.66. The van der Waals surface area contributed by atoms with Gasteiger partial charge >= 0.3 is 0 Å². The third-order valence-electron chi connectivity index (χ3n) is 4.35. The van der Waals surface area contributed by atoms with Gasteiger partial charge in [0.05, 0.1) is 10.6 Å². The number of hydrogen-bond acceptors (Lipinski definition) is 7. The first-order valence-electron chi connectivity index (χ1n) is 8.77. The number of fused-ring (bicyclic) bond motifs is 1. The Bertz CT molecular complexity index is 1280. The van der Waals surface area contributed by atoms with Gasteiger partial charge in [-0.25, -0.2) is 0 Å². The minimum atomic E-state index is 0.451. The molecule has 0 fully saturated rings. The molecule has 3 aromatic heterocycles. The molecule has 0 bridgehead atoms. The Labute approximate surface area is 179 Å². The van der Waals surface area contributed by atoms with E-state index in [4.69, 9.17) is 16.1 Å². The fourth-order valence-electron chi connectivity index (χ4n) is 2.93. The van der Waals surface area contributed by atoms with Gasteiger partial charge in [0.2, 0.25) is 0 Å². The van der Waals surface area contributed by atoms with E-state index in [0.717, 1.165) is 21.4 Å². The Morgan fingerprint density at radius 2 is 2.00 bits per heavy atom. The lowest BCUT2D eigenvalue weighted by atomic mass is 10.2. The molecule has 0 aliphatic carbocycles. The van der Waals surface area contributed by atoms with Gasteiger partial charge in [0, 0.05) is 22.3 Å². The highest BCUT2D eigenvalue weighted by molar-refractivity contribution is 7.98. The van der Waals surface area contributed by atoms with Crippen molar-refractivity contribution in [3.63, 3.8) is 0 Å². The van der Waals surface area contributed by atoms with E-state index >= 15 is 0 Å². The Balaban J connectivity index is 1.33. The van der Waals surface area contributed by atoms with Gasteiger partial charge in [0.25, 0.3) is 5.89 Å². The lowest BCUT2D eigenvalue weighted by molar-refractivity contribution is 0.425. The summed E-state index contributed by atoms with van der Waals surface area (Å²) < 4.78 is 8.59. The summed E-state index contributed by atoms with van der Waals surface area (Å²) >= 11 is 9.26. The molecule has 5 aromatic rings. The Morgan fingerprint density at radius 3 is 2.86 bits per heavy atom. The summed E-state index contributed by atoms with van der Waals surface area (Å²) in [5.41, 5.74) is 0.798. The molecule has 144 valence electrons. The van der Waals surface area contributed by atoms with E-state index in [1.165, 1.54) is 21.8 Å². The second-order valence-corrected chi connectivity index (χ2v) is 8.79. The molecule has 3 heterocycles. The fraction of sp³-hybridized carbons (Fsp3) is 0.100. The second kappa shape index (κ2) is 7.62. The molecule has 0 aliphatic rings. The number of thiophene rings is 1. The van der Waals surface area contributed by atoms with Crippen LogP contribution in [0.1, 0.15) is 5.82 Å². The number of benzene rings is 2. The molecule has 0 atom stereocenters. The molecule has 29 heavy (non-hydrogen) atoms. The summed E-state index contributed by atoms with van der Waals surface area (Å²) in [5, 5.41) is 15.4. The van der Waals surface area contributed by atoms with Crippen molar-refractivity contribution in [3.8, 4) is 22.2 Å². The van der Waals surface area contributed by atoms with Crippen molar-refractivity contribution in [1.82, 2.24) is 24.9 Å². The molecule has 0 N–H and O–H groups in total. The predicted octanol–water partition coefficient (Wildman–Crippen LogP) is 5.69. The van der Waals surface area contributed by atoms with E-state index in [0.29, 0.717) is 22.5 Å². The zero-order valence-corrected chi connectivity index (χ0v) is 17.6. The summed E-state index contributed by atoms with van der Waals surface area (Å²) in [5.74, 6) is 2.42. The molecule has 0 saturated carbocycles. The van der Waals surface area contributed by atoms with Gasteiger partial charge in [0.15, 0.2) is 16.8 Å². The largest absolute Gasteiger partial charge is 0.334 e. The smallest absolute Gasteiger partial charge is 0.258 e. The van der Waals surface area contributed by atoms with Crippen molar-refractivity contribution in [3.05, 3.63) is 65.4 Å². The average Bonchev–Trinajstić information content (AvgIpc) is 3.44. The van der Waals surface area contributed by atoms with Gasteiger partial charge in [-0.1, -0.05) is 52.8 Å². The van der Waals surface area contributed by atoms with Crippen LogP contribution in [0.2, 0.25) is 5.02 Å². The van der Waals surface area contributed by atoms with E-state index in [-0.39, 0.29) is 0 Å². The van der Waals surface area contributed by atoms with E-state index in [9.17, 15) is 0 Å². The van der Waals surface area contributed by atoms with E-state index in [1.807, 2.05) is 35.9 Å². The second-order valence-electron chi connectivity index (χ2n) is 6.33. The normalized spacial score (nSPS) is 11.4. The van der Waals surface area contributed by atoms with E-state index in [1.54, 1.807) is 23.5 Å². The molecule has 9 heteroatoms. The molecular formula is C20H14ClN5OS2. The van der Waals surface area contributed by atoms with Crippen molar-refractivity contribution >= 4 is 44.8 Å². The maximum absolute atomic E-state index is 6.03. The number of halogens is 1. The standard InChI is InChI=1S/C20H14ClN5OS2/c1-26-18(16-10-12-5-2-3-8-15(12)29-16)23-24-20(26)28-11-17-22-19(27-25-17)13-6-4-7-14(21)9-13/h2-10H,11H2,1H3. The molecule has 0 radical (unpaired) electrons. The van der Waals surface area contributed by atoms with Crippen LogP contribution in [0, 0.1) is 0 Å². The molecule has 5 rings (SSSR count). The van der Waals surface area contributed by atoms with Gasteiger partial charge in [-0.05, 0) is 35.7 Å². The van der Waals surface area contributed by atoms with Crippen molar-refractivity contribution in [1.29, 1.82) is 0 Å². The van der Waals surface area contributed by atoms with Crippen molar-refractivity contribution in [2.75, 3.05) is 0 Å². The minimum absolute atomic E-state index is 0.451. The first kappa shape index (κ1) is 18.4. The van der Waals surface area contributed by atoms with Crippen LogP contribution in [-0.2, 0) is 12.8 Å². The molecular weight excluding hydrogens is 426 g/mol. The zero-order chi connectivity index (χ0) is 19.8. The summed E-state index contributed by atoms with van der Waals surface area (Å²) in [6.45, 7) is 0. The van der Waals surface area contributed by atoms with Gasteiger partial charge < -0.3 is 9.09 Å². The monoisotopic (exact) mass is 439 g/mol. The predicted molar refractivity (Wildman–Crippen MR) is 116 cm³/mol. The minimum Gasteiger partial charge on any atom is -0.334 e. The Hall–Kier alpha value is -2.68. The SMILES string of the molecule is Cn1c(SCc2noc(-c3cccc(Cl)c3)n2)nnc1-c1cc2ccccc2s1. The fourth-order valence-corrected chi connectivity index (χ4v) is 4.96. The maximum Gasteiger partial charge on any atom is 0.258 e. The van der Waals surface area contributed by atoms with Crippen molar-refractivity contribution in [2.24, 2.45) is 7.05 Å². The molecule has 0 spiro atoms. The molecule has 2 aromatic carbocycles. The summed E-state index contributed by atoms with van der Waals surface area (Å²) in [6.07, 6.45) is 0. The van der Waals surface area contributed by atoms with Crippen LogP contribution >= 0.6 is 34.7 Å². The topological polar surface area (TPSA) is 69.6 Å². The zero-order valence-electron chi connectivity index (χ0n) is 15.2. The van der Waals surface area contributed by atoms with Crippen molar-refractivity contribution < 1.29 is 4.52 Å². The third-order valence-corrected chi connectivity index (χ3v) is 6.71. The maximum atomic E-state index is 6.03. The average molecular weight is 440 g/mol. The van der Waals surface area contributed by atoms with Crippen LogP contribution in [0.15, 0.2) is 64.3 Å². The molecule has 0 amide bonds. The van der Waals surface area contributed by atoms with Crippen LogP contribution in [0.25, 0.3) is 32.2 Å². The van der Waals surface area contributed by atoms with Crippen LogP contribution in [-0.4, -0.2) is 24.9 Å². The van der Waals surface area contributed by atoms with Crippen LogP contribution < -0.4 is 0 Å². The number of rotatable bonds is 5. The number of nitrogens with zero attached hydrogens (tertiary/aromatic N) is 5. The van der Waals surface area contributed by atoms with Gasteiger partial charge in [-0.2, -0.15) is 4.98 Å². The van der Waals surface area contributed by atoms with E-state index < -0.39 is 0 Å². The molecule has 0 saturated heterocycles. The highest BCUT2D eigenvalue weighted by Gasteiger charge is 2.16. The summed E-state index contributed by atoms with van der Waals surface area (Å²) in [7, 11) is 1.97. The molecule has 0 aliphatic heterocycles. The first-order chi connectivity index (χ1) is 14.2. The lowest BCUT2D eigenvalue weighted by Gasteiger charge is -2.00. The van der Waals surface area contributed by atoms with Crippen molar-refractivity contribution in [2.45, 2.75) is 10.9 Å². The van der Waals surface area contributed by atoms with E-state index in [2.05, 4.69) is 38.5 Å². The summed E-state index contributed by atoms with van der Waals surface area (Å²) in [4.78, 5) is 5.54. The Morgan fingerprint density at radius 1 is 1.10 bits per heavy atom. The molecule has 0 unspecified atom stereocenters. The number of hydrogen-bond donors (Lipinski definition) is 0. The lowest BCUT2D eigenvalue weighted by Crippen LogP contribution is -1.94. The summed E-state index contributed by atoms with van der Waals surface area (Å²) in [6, 6.07) is 17.8. The van der Waals surface area contributed by atoms with Crippen LogP contribution in [0.5, 0.6) is 0 Å². The van der Waals surface area contributed by atoms with Gasteiger partial charge in [-0.15, -0.1) is 21.5 Å². The Kier molecular flexibility index (Phi) is 4.83. The quantitative estimate of drug-likeness (QED) is 0.327. The highest BCUT2D eigenvalue weighted by Crippen LogP contribution is 2.34. The van der Waals surface area contributed by atoms with Gasteiger partial charge in [0.1, 0.15) is 0 Å². The van der Waals surface area contributed by atoms with Crippen LogP contribution in [0.4, 0.5) is 0 Å². The number of aromatic nitrogens is 5.